The van der Waals surface area contributed by atoms with E-state index >= 15 is 0 Å². The summed E-state index contributed by atoms with van der Waals surface area (Å²) < 4.78 is 5.13. The van der Waals surface area contributed by atoms with Crippen LogP contribution in [0.4, 0.5) is 0 Å². The molecule has 2 N–H and O–H groups in total. The van der Waals surface area contributed by atoms with Crippen molar-refractivity contribution < 1.29 is 19.1 Å². The summed E-state index contributed by atoms with van der Waals surface area (Å²) >= 11 is 0. The van der Waals surface area contributed by atoms with Gasteiger partial charge >= 0.3 is 5.97 Å². The Morgan fingerprint density at radius 2 is 1.63 bits per heavy atom. The van der Waals surface area contributed by atoms with Crippen molar-refractivity contribution in [1.82, 2.24) is 15.5 Å². The van der Waals surface area contributed by atoms with Crippen LogP contribution in [-0.2, 0) is 19.1 Å². The number of carbonyl (C=O) groups is 3. The van der Waals surface area contributed by atoms with Crippen molar-refractivity contribution in [3.05, 3.63) is 11.6 Å². The van der Waals surface area contributed by atoms with Crippen LogP contribution in [0, 0.1) is 11.8 Å². The van der Waals surface area contributed by atoms with Crippen molar-refractivity contribution in [2.45, 2.75) is 124 Å². The minimum atomic E-state index is -0.705. The van der Waals surface area contributed by atoms with Crippen LogP contribution in [0.3, 0.4) is 0 Å². The fourth-order valence-electron chi connectivity index (χ4n) is 5.05. The van der Waals surface area contributed by atoms with E-state index in [2.05, 4.69) is 24.5 Å². The summed E-state index contributed by atoms with van der Waals surface area (Å²) in [7, 11) is 1.78. The lowest BCUT2D eigenvalue weighted by Crippen LogP contribution is -2.63. The molecule has 7 heteroatoms. The molecule has 0 radical (unpaired) electrons. The quantitative estimate of drug-likeness (QED) is 0.273. The molecule has 7 nitrogen and oxygen atoms in total. The molecule has 0 bridgehead atoms. The highest BCUT2D eigenvalue weighted by Crippen LogP contribution is 2.30. The van der Waals surface area contributed by atoms with Crippen LogP contribution in [-0.4, -0.2) is 60.0 Å². The van der Waals surface area contributed by atoms with Gasteiger partial charge in [0.05, 0.1) is 18.2 Å². The van der Waals surface area contributed by atoms with Crippen molar-refractivity contribution in [2.75, 3.05) is 13.7 Å². The molecule has 1 saturated carbocycles. The summed E-state index contributed by atoms with van der Waals surface area (Å²) in [5, 5.41) is 6.73. The van der Waals surface area contributed by atoms with E-state index in [0.29, 0.717) is 25.0 Å². The first kappa shape index (κ1) is 31.1. The minimum absolute atomic E-state index is 0.0886. The van der Waals surface area contributed by atoms with Gasteiger partial charge in [0.15, 0.2) is 0 Å². The molecular weight excluding hydrogens is 442 g/mol. The number of hydrogen-bond acceptors (Lipinski definition) is 5. The second kappa shape index (κ2) is 14.6. The van der Waals surface area contributed by atoms with Crippen LogP contribution in [0.5, 0.6) is 0 Å². The summed E-state index contributed by atoms with van der Waals surface area (Å²) in [4.78, 5) is 41.5. The van der Waals surface area contributed by atoms with E-state index in [1.165, 1.54) is 0 Å². The van der Waals surface area contributed by atoms with Gasteiger partial charge in [-0.25, -0.2) is 4.79 Å². The van der Waals surface area contributed by atoms with Crippen molar-refractivity contribution in [3.8, 4) is 0 Å². The summed E-state index contributed by atoms with van der Waals surface area (Å²) in [6.45, 7) is 16.1. The Bertz CT molecular complexity index is 724. The second-order valence-electron chi connectivity index (χ2n) is 10.5. The van der Waals surface area contributed by atoms with Crippen LogP contribution >= 0.6 is 0 Å². The van der Waals surface area contributed by atoms with Gasteiger partial charge in [-0.1, -0.05) is 53.5 Å². The molecule has 35 heavy (non-hydrogen) atoms. The molecule has 1 aliphatic rings. The van der Waals surface area contributed by atoms with E-state index in [9.17, 15) is 14.4 Å². The molecule has 0 aromatic carbocycles. The number of nitrogens with zero attached hydrogens (tertiary/aromatic N) is 1. The number of amides is 2. The van der Waals surface area contributed by atoms with Gasteiger partial charge in [0.1, 0.15) is 6.04 Å². The first-order valence-corrected chi connectivity index (χ1v) is 13.7. The van der Waals surface area contributed by atoms with Crippen LogP contribution in [0.2, 0.25) is 0 Å². The Labute approximate surface area is 213 Å². The molecular formula is C28H51N3O4. The average molecular weight is 494 g/mol. The number of nitrogens with one attached hydrogen (secondary N) is 2. The molecule has 1 rings (SSSR count). The maximum atomic E-state index is 13.9. The van der Waals surface area contributed by atoms with E-state index in [4.69, 9.17) is 4.74 Å². The third-order valence-corrected chi connectivity index (χ3v) is 7.70. The Hall–Kier alpha value is -1.89. The van der Waals surface area contributed by atoms with Gasteiger partial charge in [-0.3, -0.25) is 9.59 Å². The van der Waals surface area contributed by atoms with Gasteiger partial charge in [0.2, 0.25) is 11.8 Å². The zero-order chi connectivity index (χ0) is 26.8. The van der Waals surface area contributed by atoms with Gasteiger partial charge in [0, 0.05) is 18.7 Å². The van der Waals surface area contributed by atoms with Gasteiger partial charge < -0.3 is 20.3 Å². The van der Waals surface area contributed by atoms with Gasteiger partial charge in [-0.05, 0) is 64.7 Å². The lowest BCUT2D eigenvalue weighted by molar-refractivity contribution is -0.141. The van der Waals surface area contributed by atoms with Crippen LogP contribution in [0.25, 0.3) is 0 Å². The minimum Gasteiger partial charge on any atom is -0.463 e. The SMILES string of the molecule is CCOC(=O)/C(C)=C/[C@H](C(C)C)N(C)C(=O)[C@@H](NC(=O)C(CC)(CC)NC(C)CC)C1CCCC1. The van der Waals surface area contributed by atoms with Crippen molar-refractivity contribution >= 4 is 17.8 Å². The van der Waals surface area contributed by atoms with Crippen LogP contribution in [0.15, 0.2) is 11.6 Å². The summed E-state index contributed by atoms with van der Waals surface area (Å²) in [6, 6.07) is -0.665. The Balaban J connectivity index is 3.26. The molecule has 0 aliphatic heterocycles. The zero-order valence-electron chi connectivity index (χ0n) is 23.7. The molecule has 0 saturated heterocycles. The summed E-state index contributed by atoms with van der Waals surface area (Å²) in [5.74, 6) is -0.355. The Morgan fingerprint density at radius 3 is 2.09 bits per heavy atom. The standard InChI is InChI=1S/C28H51N3O4/c1-10-21(8)30-28(11-2,12-3)27(34)29-24(22-16-14-15-17-22)25(32)31(9)23(19(5)6)18-20(7)26(33)35-13-4/h18-19,21-24,30H,10-17H2,1-9H3,(H,29,34)/b20-18+/t21?,23-,24+/m1/s1. The predicted octanol–water partition coefficient (Wildman–Crippen LogP) is 4.60. The Kier molecular flexibility index (Phi) is 13.0. The third-order valence-electron chi connectivity index (χ3n) is 7.70. The van der Waals surface area contributed by atoms with E-state index in [0.717, 1.165) is 32.1 Å². The normalized spacial score (nSPS) is 17.7. The first-order valence-electron chi connectivity index (χ1n) is 13.7. The van der Waals surface area contributed by atoms with E-state index < -0.39 is 11.6 Å². The number of ether oxygens (including phenoxy) is 1. The number of likely N-dealkylation sites (N-methyl/N-ethyl adjacent to an activating group) is 1. The molecule has 0 heterocycles. The summed E-state index contributed by atoms with van der Waals surface area (Å²) in [5.41, 5.74) is -0.219. The fourth-order valence-corrected chi connectivity index (χ4v) is 5.05. The van der Waals surface area contributed by atoms with Crippen molar-refractivity contribution in [2.24, 2.45) is 11.8 Å². The average Bonchev–Trinajstić information content (AvgIpc) is 3.37. The van der Waals surface area contributed by atoms with Gasteiger partial charge in [-0.15, -0.1) is 0 Å². The third kappa shape index (κ3) is 8.33. The molecule has 1 fully saturated rings. The van der Waals surface area contributed by atoms with Gasteiger partial charge in [0.25, 0.3) is 0 Å². The largest absolute Gasteiger partial charge is 0.463 e. The fraction of sp³-hybridized carbons (Fsp3) is 0.821. The monoisotopic (exact) mass is 493 g/mol. The number of esters is 1. The van der Waals surface area contributed by atoms with E-state index in [-0.39, 0.29) is 41.7 Å². The lowest BCUT2D eigenvalue weighted by Gasteiger charge is -2.38. The van der Waals surface area contributed by atoms with Crippen molar-refractivity contribution in [1.29, 1.82) is 0 Å². The molecule has 1 aliphatic carbocycles. The van der Waals surface area contributed by atoms with E-state index in [1.54, 1.807) is 25.8 Å². The first-order chi connectivity index (χ1) is 16.5. The van der Waals surface area contributed by atoms with Crippen LogP contribution < -0.4 is 10.6 Å². The molecule has 202 valence electrons. The summed E-state index contributed by atoms with van der Waals surface area (Å²) in [6.07, 6.45) is 8.04. The maximum absolute atomic E-state index is 13.9. The highest BCUT2D eigenvalue weighted by Gasteiger charge is 2.41. The smallest absolute Gasteiger partial charge is 0.333 e. The molecule has 3 atom stereocenters. The molecule has 1 unspecified atom stereocenters. The topological polar surface area (TPSA) is 87.7 Å². The van der Waals surface area contributed by atoms with E-state index in [1.807, 2.05) is 33.8 Å². The highest BCUT2D eigenvalue weighted by atomic mass is 16.5. The highest BCUT2D eigenvalue weighted by molar-refractivity contribution is 5.93. The molecule has 0 spiro atoms. The van der Waals surface area contributed by atoms with Gasteiger partial charge in [-0.2, -0.15) is 0 Å². The number of hydrogen-bond donors (Lipinski definition) is 2. The van der Waals surface area contributed by atoms with Crippen LogP contribution in [0.1, 0.15) is 100 Å². The molecule has 0 aromatic heterocycles. The molecule has 2 amide bonds. The number of rotatable bonds is 14. The Morgan fingerprint density at radius 1 is 1.06 bits per heavy atom. The maximum Gasteiger partial charge on any atom is 0.333 e. The lowest BCUT2D eigenvalue weighted by atomic mass is 9.88. The zero-order valence-corrected chi connectivity index (χ0v) is 23.7. The number of carbonyl (C=O) groups excluding carboxylic acids is 3. The second-order valence-corrected chi connectivity index (χ2v) is 10.5. The van der Waals surface area contributed by atoms with Crippen molar-refractivity contribution in [3.63, 3.8) is 0 Å². The molecule has 0 aromatic rings. The predicted molar refractivity (Wildman–Crippen MR) is 142 cm³/mol.